The second-order valence-electron chi connectivity index (χ2n) is 2.56. The lowest BCUT2D eigenvalue weighted by atomic mass is 10.1. The maximum absolute atomic E-state index is 11.0. The Bertz CT molecular complexity index is 286. The average Bonchev–Trinajstić information content (AvgIpc) is 2.01. The van der Waals surface area contributed by atoms with Crippen LogP contribution in [-0.2, 0) is 9.59 Å². The van der Waals surface area contributed by atoms with Crippen molar-refractivity contribution in [1.82, 2.24) is 4.90 Å². The van der Waals surface area contributed by atoms with E-state index < -0.39 is 5.97 Å². The number of rotatable bonds is 1. The lowest BCUT2D eigenvalue weighted by molar-refractivity contribution is -0.146. The van der Waals surface area contributed by atoms with Crippen LogP contribution in [0.5, 0.6) is 0 Å². The van der Waals surface area contributed by atoms with E-state index in [0.29, 0.717) is 12.2 Å². The van der Waals surface area contributed by atoms with Crippen LogP contribution < -0.4 is 0 Å². The van der Waals surface area contributed by atoms with Gasteiger partial charge in [-0.1, -0.05) is 0 Å². The van der Waals surface area contributed by atoms with Crippen molar-refractivity contribution in [1.29, 1.82) is 0 Å². The third kappa shape index (κ3) is 0.929. The molecular weight excluding hydrogens is 178 g/mol. The van der Waals surface area contributed by atoms with Crippen molar-refractivity contribution < 1.29 is 14.7 Å². The Labute approximate surface area is 73.2 Å². The summed E-state index contributed by atoms with van der Waals surface area (Å²) in [5.74, 6) is -0.610. The molecule has 0 spiro atoms. The summed E-state index contributed by atoms with van der Waals surface area (Å²) in [6, 6.07) is 0. The normalized spacial score (nSPS) is 27.3. The van der Waals surface area contributed by atoms with Crippen molar-refractivity contribution >= 4 is 23.6 Å². The van der Waals surface area contributed by atoms with Crippen molar-refractivity contribution in [3.8, 4) is 0 Å². The van der Waals surface area contributed by atoms with Gasteiger partial charge in [0.2, 0.25) is 5.91 Å². The Morgan fingerprint density at radius 1 is 1.75 bits per heavy atom. The van der Waals surface area contributed by atoms with Crippen LogP contribution in [-0.4, -0.2) is 33.0 Å². The van der Waals surface area contributed by atoms with Gasteiger partial charge in [-0.2, -0.15) is 0 Å². The fourth-order valence-electron chi connectivity index (χ4n) is 1.26. The highest BCUT2D eigenvalue weighted by Gasteiger charge is 2.42. The van der Waals surface area contributed by atoms with Crippen LogP contribution in [0.4, 0.5) is 0 Å². The molecule has 2 aliphatic rings. The monoisotopic (exact) mass is 184 g/mol. The molecule has 0 aromatic rings. The predicted octanol–water partition coefficient (Wildman–Crippen LogP) is 0.0633. The lowest BCUT2D eigenvalue weighted by Crippen LogP contribution is -2.53. The number of hydrogen-bond acceptors (Lipinski definition) is 3. The molecule has 1 amide bonds. The zero-order chi connectivity index (χ0) is 8.72. The molecule has 2 aliphatic heterocycles. The van der Waals surface area contributed by atoms with Gasteiger partial charge in [-0.3, -0.25) is 9.69 Å². The van der Waals surface area contributed by atoms with Crippen LogP contribution >= 0.6 is 11.8 Å². The van der Waals surface area contributed by atoms with Gasteiger partial charge in [-0.05, 0) is 6.08 Å². The van der Waals surface area contributed by atoms with Crippen molar-refractivity contribution in [2.24, 2.45) is 0 Å². The van der Waals surface area contributed by atoms with Crippen LogP contribution in [0.15, 0.2) is 5.70 Å². The van der Waals surface area contributed by atoms with E-state index in [-0.39, 0.29) is 17.0 Å². The van der Waals surface area contributed by atoms with Gasteiger partial charge in [0, 0.05) is 5.75 Å². The maximum atomic E-state index is 11.0. The molecule has 0 aromatic carbocycles. The number of thioether (sulfide) groups is 1. The molecule has 12 heavy (non-hydrogen) atoms. The van der Waals surface area contributed by atoms with Gasteiger partial charge in [0.1, 0.15) is 5.70 Å². The van der Waals surface area contributed by atoms with Crippen LogP contribution in [0.25, 0.3) is 0 Å². The van der Waals surface area contributed by atoms with Crippen LogP contribution in [0.2, 0.25) is 0 Å². The number of β-lactam (4-membered cyclic amide) rings is 1. The zero-order valence-corrected chi connectivity index (χ0v) is 6.93. The molecule has 0 saturated carbocycles. The summed E-state index contributed by atoms with van der Waals surface area (Å²) in [6.45, 7) is 0. The highest BCUT2D eigenvalue weighted by molar-refractivity contribution is 8.00. The highest BCUT2D eigenvalue weighted by Crippen LogP contribution is 2.36. The summed E-state index contributed by atoms with van der Waals surface area (Å²) in [4.78, 5) is 22.9. The summed E-state index contributed by atoms with van der Waals surface area (Å²) in [5.41, 5.74) is 0.0231. The Hall–Kier alpha value is -0.970. The van der Waals surface area contributed by atoms with Crippen LogP contribution in [0, 0.1) is 6.08 Å². The number of nitrogens with zero attached hydrogens (tertiary/aromatic N) is 1. The van der Waals surface area contributed by atoms with Gasteiger partial charge in [0.05, 0.1) is 11.8 Å². The second-order valence-corrected chi connectivity index (χ2v) is 3.73. The molecule has 1 radical (unpaired) electrons. The SMILES string of the molecule is O=C(O)C1=[C]CSC2CC(=O)N12. The van der Waals surface area contributed by atoms with E-state index in [4.69, 9.17) is 5.11 Å². The van der Waals surface area contributed by atoms with Crippen LogP contribution in [0.1, 0.15) is 6.42 Å². The molecule has 1 N–H and O–H groups in total. The van der Waals surface area contributed by atoms with Crippen molar-refractivity contribution in [2.75, 3.05) is 5.75 Å². The smallest absolute Gasteiger partial charge is 0.352 e. The summed E-state index contributed by atoms with van der Waals surface area (Å²) in [6.07, 6.45) is 3.13. The second kappa shape index (κ2) is 2.52. The summed E-state index contributed by atoms with van der Waals surface area (Å²) < 4.78 is 0. The van der Waals surface area contributed by atoms with Gasteiger partial charge in [0.15, 0.2) is 0 Å². The molecular formula is C7H6NO3S. The number of fused-ring (bicyclic) bond motifs is 1. The number of hydrogen-bond donors (Lipinski definition) is 1. The van der Waals surface area contributed by atoms with E-state index in [9.17, 15) is 9.59 Å². The van der Waals surface area contributed by atoms with E-state index in [1.54, 1.807) is 11.8 Å². The fourth-order valence-corrected chi connectivity index (χ4v) is 2.30. The first-order chi connectivity index (χ1) is 5.70. The minimum Gasteiger partial charge on any atom is -0.477 e. The Balaban J connectivity index is 2.26. The number of carboxylic acid groups (broad SMARTS) is 1. The third-order valence-electron chi connectivity index (χ3n) is 1.86. The van der Waals surface area contributed by atoms with E-state index in [0.717, 1.165) is 0 Å². The Morgan fingerprint density at radius 2 is 2.50 bits per heavy atom. The van der Waals surface area contributed by atoms with Gasteiger partial charge < -0.3 is 5.11 Å². The largest absolute Gasteiger partial charge is 0.477 e. The Kier molecular flexibility index (Phi) is 1.61. The first-order valence-corrected chi connectivity index (χ1v) is 4.53. The molecule has 1 unspecified atom stereocenters. The van der Waals surface area contributed by atoms with Gasteiger partial charge >= 0.3 is 5.97 Å². The minimum atomic E-state index is -1.06. The number of carboxylic acids is 1. The highest BCUT2D eigenvalue weighted by atomic mass is 32.2. The number of carbonyl (C=O) groups excluding carboxylic acids is 1. The van der Waals surface area contributed by atoms with E-state index in [1.165, 1.54) is 4.90 Å². The molecule has 2 rings (SSSR count). The van der Waals surface area contributed by atoms with Crippen molar-refractivity contribution in [2.45, 2.75) is 11.8 Å². The molecule has 2 heterocycles. The van der Waals surface area contributed by atoms with E-state index >= 15 is 0 Å². The molecule has 5 heteroatoms. The first kappa shape index (κ1) is 7.67. The molecule has 1 atom stereocenters. The van der Waals surface area contributed by atoms with Gasteiger partial charge in [-0.15, -0.1) is 11.8 Å². The summed E-state index contributed by atoms with van der Waals surface area (Å²) >= 11 is 1.55. The van der Waals surface area contributed by atoms with Crippen LogP contribution in [0.3, 0.4) is 0 Å². The number of carbonyl (C=O) groups is 2. The fraction of sp³-hybridized carbons (Fsp3) is 0.429. The number of amides is 1. The summed E-state index contributed by atoms with van der Waals surface area (Å²) in [5, 5.41) is 8.72. The van der Waals surface area contributed by atoms with Crippen molar-refractivity contribution in [3.05, 3.63) is 11.8 Å². The Morgan fingerprint density at radius 3 is 3.00 bits per heavy atom. The summed E-state index contributed by atoms with van der Waals surface area (Å²) in [7, 11) is 0. The predicted molar refractivity (Wildman–Crippen MR) is 42.1 cm³/mol. The molecule has 1 saturated heterocycles. The average molecular weight is 184 g/mol. The van der Waals surface area contributed by atoms with E-state index in [2.05, 4.69) is 6.08 Å². The zero-order valence-electron chi connectivity index (χ0n) is 6.11. The topological polar surface area (TPSA) is 57.6 Å². The molecule has 63 valence electrons. The first-order valence-electron chi connectivity index (χ1n) is 3.48. The van der Waals surface area contributed by atoms with Gasteiger partial charge in [-0.25, -0.2) is 4.79 Å². The van der Waals surface area contributed by atoms with E-state index in [1.807, 2.05) is 0 Å². The third-order valence-corrected chi connectivity index (χ3v) is 2.94. The molecule has 1 fully saturated rings. The minimum absolute atomic E-state index is 0.0231. The molecule has 4 nitrogen and oxygen atoms in total. The lowest BCUT2D eigenvalue weighted by Gasteiger charge is -2.41. The van der Waals surface area contributed by atoms with Gasteiger partial charge in [0.25, 0.3) is 0 Å². The molecule has 0 aromatic heterocycles. The van der Waals surface area contributed by atoms with Crippen molar-refractivity contribution in [3.63, 3.8) is 0 Å². The molecule has 0 aliphatic carbocycles. The standard InChI is InChI=1S/C7H6NO3S/c9-5-3-6-8(5)4(7(10)11)1-2-12-6/h6H,2-3H2,(H,10,11). The number of aliphatic carboxylic acids is 1. The quantitative estimate of drug-likeness (QED) is 0.585. The molecule has 0 bridgehead atoms. The maximum Gasteiger partial charge on any atom is 0.352 e.